The molecular formula is C17H23F3N4O2. The maximum absolute atomic E-state index is 12.7. The van der Waals surface area contributed by atoms with Crippen LogP contribution in [0.3, 0.4) is 0 Å². The van der Waals surface area contributed by atoms with E-state index in [1.165, 1.54) is 0 Å². The highest BCUT2D eigenvalue weighted by Gasteiger charge is 2.56. The average Bonchev–Trinajstić information content (AvgIpc) is 3.15. The molecule has 2 aliphatic carbocycles. The van der Waals surface area contributed by atoms with Gasteiger partial charge >= 0.3 is 6.18 Å². The summed E-state index contributed by atoms with van der Waals surface area (Å²) in [6.45, 7) is 1.19. The second-order valence-corrected chi connectivity index (χ2v) is 8.04. The Balaban J connectivity index is 1.17. The molecule has 0 aromatic carbocycles. The van der Waals surface area contributed by atoms with E-state index in [9.17, 15) is 18.0 Å². The zero-order valence-corrected chi connectivity index (χ0v) is 14.5. The van der Waals surface area contributed by atoms with Crippen LogP contribution in [0.15, 0.2) is 6.20 Å². The van der Waals surface area contributed by atoms with Crippen LogP contribution in [0, 0.1) is 11.3 Å². The van der Waals surface area contributed by atoms with E-state index >= 15 is 0 Å². The normalized spacial score (nSPS) is 34.0. The molecule has 3 aliphatic rings. The molecule has 6 nitrogen and oxygen atoms in total. The molecular weight excluding hydrogens is 349 g/mol. The summed E-state index contributed by atoms with van der Waals surface area (Å²) in [5.41, 5.74) is 1.04. The molecule has 2 heterocycles. The maximum atomic E-state index is 12.7. The lowest BCUT2D eigenvalue weighted by molar-refractivity contribution is -0.180. The van der Waals surface area contributed by atoms with Gasteiger partial charge in [0.05, 0.1) is 31.0 Å². The number of likely N-dealkylation sites (tertiary alicyclic amines) is 1. The fourth-order valence-corrected chi connectivity index (χ4v) is 4.73. The predicted molar refractivity (Wildman–Crippen MR) is 85.1 cm³/mol. The minimum atomic E-state index is -4.16. The quantitative estimate of drug-likeness (QED) is 0.863. The van der Waals surface area contributed by atoms with E-state index in [1.807, 2.05) is 4.90 Å². The van der Waals surface area contributed by atoms with E-state index in [0.717, 1.165) is 44.3 Å². The van der Waals surface area contributed by atoms with Crippen LogP contribution in [-0.2, 0) is 9.53 Å². The molecule has 1 amide bonds. The molecule has 0 unspecified atom stereocenters. The Bertz CT molecular complexity index is 635. The second kappa shape index (κ2) is 6.51. The Morgan fingerprint density at radius 3 is 2.77 bits per heavy atom. The van der Waals surface area contributed by atoms with Gasteiger partial charge in [0, 0.05) is 24.9 Å². The summed E-state index contributed by atoms with van der Waals surface area (Å²) < 4.78 is 41.7. The second-order valence-electron chi connectivity index (χ2n) is 8.04. The fraction of sp³-hybridized carbons (Fsp3) is 0.824. The van der Waals surface area contributed by atoms with Crippen molar-refractivity contribution < 1.29 is 22.7 Å². The zero-order valence-electron chi connectivity index (χ0n) is 14.5. The van der Waals surface area contributed by atoms with Crippen LogP contribution in [0.2, 0.25) is 0 Å². The summed E-state index contributed by atoms with van der Waals surface area (Å²) in [5.74, 6) is 0.520. The largest absolute Gasteiger partial charge is 0.391 e. The van der Waals surface area contributed by atoms with Gasteiger partial charge in [-0.3, -0.25) is 4.79 Å². The Hall–Kier alpha value is -1.64. The summed E-state index contributed by atoms with van der Waals surface area (Å²) in [4.78, 5) is 14.6. The summed E-state index contributed by atoms with van der Waals surface area (Å²) in [5, 5.41) is 10.5. The molecule has 1 spiro atoms. The van der Waals surface area contributed by atoms with Crippen molar-refractivity contribution in [3.8, 4) is 0 Å². The van der Waals surface area contributed by atoms with Crippen molar-refractivity contribution in [3.05, 3.63) is 11.9 Å². The summed E-state index contributed by atoms with van der Waals surface area (Å²) >= 11 is 0. The van der Waals surface area contributed by atoms with Crippen LogP contribution in [-0.4, -0.2) is 58.2 Å². The number of alkyl halides is 3. The van der Waals surface area contributed by atoms with Crippen LogP contribution in [0.1, 0.15) is 50.1 Å². The van der Waals surface area contributed by atoms with Crippen molar-refractivity contribution in [2.75, 3.05) is 19.7 Å². The van der Waals surface area contributed by atoms with Gasteiger partial charge in [-0.05, 0) is 37.5 Å². The van der Waals surface area contributed by atoms with E-state index in [-0.39, 0.29) is 35.9 Å². The van der Waals surface area contributed by atoms with Gasteiger partial charge in [0.15, 0.2) is 0 Å². The van der Waals surface area contributed by atoms with Crippen LogP contribution in [0.5, 0.6) is 0 Å². The Kier molecular flexibility index (Phi) is 4.45. The summed E-state index contributed by atoms with van der Waals surface area (Å²) in [6.07, 6.45) is 0.763. The van der Waals surface area contributed by atoms with Crippen molar-refractivity contribution in [3.63, 3.8) is 0 Å². The third-order valence-electron chi connectivity index (χ3n) is 6.12. The van der Waals surface area contributed by atoms with Gasteiger partial charge in [-0.25, -0.2) is 0 Å². The maximum Gasteiger partial charge on any atom is 0.391 e. The first-order chi connectivity index (χ1) is 12.3. The molecule has 26 heavy (non-hydrogen) atoms. The molecule has 1 N–H and O–H groups in total. The van der Waals surface area contributed by atoms with Crippen LogP contribution in [0.25, 0.3) is 0 Å². The molecule has 1 aromatic heterocycles. The number of aromatic nitrogens is 3. The van der Waals surface area contributed by atoms with Crippen molar-refractivity contribution in [2.45, 2.75) is 56.7 Å². The summed E-state index contributed by atoms with van der Waals surface area (Å²) in [6, 6.07) is 0. The van der Waals surface area contributed by atoms with Gasteiger partial charge in [-0.1, -0.05) is 0 Å². The number of amides is 1. The molecule has 1 aliphatic heterocycles. The molecule has 2 saturated carbocycles. The number of halogens is 3. The lowest BCUT2D eigenvalue weighted by atomic mass is 9.50. The highest BCUT2D eigenvalue weighted by molar-refractivity contribution is 5.80. The molecule has 1 saturated heterocycles. The first-order valence-electron chi connectivity index (χ1n) is 9.16. The van der Waals surface area contributed by atoms with E-state index in [2.05, 4.69) is 15.4 Å². The number of rotatable bonds is 5. The minimum Gasteiger partial charge on any atom is -0.378 e. The third-order valence-corrected chi connectivity index (χ3v) is 6.12. The molecule has 0 radical (unpaired) electrons. The Labute approximate surface area is 149 Å². The highest BCUT2D eigenvalue weighted by atomic mass is 19.4. The lowest BCUT2D eigenvalue weighted by Gasteiger charge is -2.57. The lowest BCUT2D eigenvalue weighted by Crippen LogP contribution is -2.54. The number of nitrogens with zero attached hydrogens (tertiary/aromatic N) is 3. The highest BCUT2D eigenvalue weighted by Crippen LogP contribution is 2.60. The fourth-order valence-electron chi connectivity index (χ4n) is 4.73. The first kappa shape index (κ1) is 17.8. The smallest absolute Gasteiger partial charge is 0.378 e. The monoisotopic (exact) mass is 372 g/mol. The topological polar surface area (TPSA) is 71.1 Å². The third kappa shape index (κ3) is 3.58. The Morgan fingerprint density at radius 2 is 2.12 bits per heavy atom. The predicted octanol–water partition coefficient (Wildman–Crippen LogP) is 2.65. The number of hydrogen-bond acceptors (Lipinski definition) is 4. The van der Waals surface area contributed by atoms with Gasteiger partial charge in [-0.15, -0.1) is 0 Å². The van der Waals surface area contributed by atoms with Crippen molar-refractivity contribution in [2.24, 2.45) is 11.3 Å². The van der Waals surface area contributed by atoms with Crippen LogP contribution < -0.4 is 0 Å². The molecule has 0 bridgehead atoms. The van der Waals surface area contributed by atoms with Gasteiger partial charge in [0.25, 0.3) is 0 Å². The number of aromatic amines is 1. The summed E-state index contributed by atoms with van der Waals surface area (Å²) in [7, 11) is 0. The Morgan fingerprint density at radius 1 is 1.35 bits per heavy atom. The van der Waals surface area contributed by atoms with E-state index in [4.69, 9.17) is 4.74 Å². The van der Waals surface area contributed by atoms with Crippen LogP contribution in [0.4, 0.5) is 13.2 Å². The van der Waals surface area contributed by atoms with Crippen LogP contribution >= 0.6 is 0 Å². The number of nitrogens with one attached hydrogen (secondary N) is 1. The molecule has 1 atom stereocenters. The van der Waals surface area contributed by atoms with Gasteiger partial charge < -0.3 is 9.64 Å². The SMILES string of the molecule is O=C(C1CC2(CC(OCCC(F)(F)F)C2)C1)N1CC[C@@H](c2cn[nH]n2)C1. The van der Waals surface area contributed by atoms with Crippen molar-refractivity contribution in [1.82, 2.24) is 20.3 Å². The number of hydrogen-bond donors (Lipinski definition) is 1. The average molecular weight is 372 g/mol. The molecule has 1 aromatic rings. The van der Waals surface area contributed by atoms with E-state index < -0.39 is 12.6 Å². The molecule has 144 valence electrons. The van der Waals surface area contributed by atoms with E-state index in [0.29, 0.717) is 6.54 Å². The van der Waals surface area contributed by atoms with Gasteiger partial charge in [0.1, 0.15) is 0 Å². The van der Waals surface area contributed by atoms with Gasteiger partial charge in [0.2, 0.25) is 5.91 Å². The number of ether oxygens (including phenoxy) is 1. The van der Waals surface area contributed by atoms with Gasteiger partial charge in [-0.2, -0.15) is 28.6 Å². The standard InChI is InChI=1S/C17H23F3N4O2/c18-17(19,20)2-4-26-13-7-16(8-13)5-12(6-16)15(25)24-3-1-11(10-24)14-9-21-23-22-14/h9,11-13H,1-8,10H2,(H,21,22,23)/t11-,12?,13?,16?/m1/s1. The zero-order chi connectivity index (χ0) is 18.4. The van der Waals surface area contributed by atoms with Crippen molar-refractivity contribution >= 4 is 5.91 Å². The molecule has 3 fully saturated rings. The molecule has 4 rings (SSSR count). The van der Waals surface area contributed by atoms with E-state index in [1.54, 1.807) is 6.20 Å². The number of H-pyrrole nitrogens is 1. The van der Waals surface area contributed by atoms with Crippen molar-refractivity contribution in [1.29, 1.82) is 0 Å². The first-order valence-corrected chi connectivity index (χ1v) is 9.16. The number of carbonyl (C=O) groups is 1. The minimum absolute atomic E-state index is 0.0576. The number of carbonyl (C=O) groups excluding carboxylic acids is 1. The molecule has 9 heteroatoms.